The molecule has 0 aliphatic carbocycles. The number of hydrogen-bond donors (Lipinski definition) is 3. The molecule has 0 aromatic heterocycles. The molecule has 104 valence electrons. The van der Waals surface area contributed by atoms with Crippen LogP contribution in [-0.2, 0) is 9.59 Å². The molecule has 0 fully saturated rings. The number of carboxylic acids is 1. The van der Waals surface area contributed by atoms with Crippen LogP contribution in [0.25, 0.3) is 0 Å². The van der Waals surface area contributed by atoms with Gasteiger partial charge in [0, 0.05) is 19.5 Å². The van der Waals surface area contributed by atoms with Crippen molar-refractivity contribution in [2.24, 2.45) is 0 Å². The average molecular weight is 264 g/mol. The molecule has 0 spiro atoms. The summed E-state index contributed by atoms with van der Waals surface area (Å²) in [6, 6.07) is 7.13. The number of carbonyl (C=O) groups excluding carboxylic acids is 1. The van der Waals surface area contributed by atoms with E-state index in [1.807, 2.05) is 38.1 Å². The van der Waals surface area contributed by atoms with Crippen LogP contribution in [0.2, 0.25) is 0 Å². The first kappa shape index (κ1) is 15.2. The van der Waals surface area contributed by atoms with E-state index in [9.17, 15) is 9.59 Å². The largest absolute Gasteiger partial charge is 0.480 e. The van der Waals surface area contributed by atoms with Gasteiger partial charge < -0.3 is 15.7 Å². The number of carbonyl (C=O) groups is 2. The fourth-order valence-corrected chi connectivity index (χ4v) is 1.71. The number of benzene rings is 1. The molecule has 0 bridgehead atoms. The number of amides is 1. The average Bonchev–Trinajstić information content (AvgIpc) is 2.34. The Balaban J connectivity index is 2.56. The van der Waals surface area contributed by atoms with Gasteiger partial charge in [0.1, 0.15) is 6.04 Å². The molecule has 1 aromatic rings. The van der Waals surface area contributed by atoms with Gasteiger partial charge in [-0.25, -0.2) is 4.79 Å². The predicted octanol–water partition coefficient (Wildman–Crippen LogP) is 1.23. The topological polar surface area (TPSA) is 78.4 Å². The molecule has 1 aromatic carbocycles. The number of hydrogen-bond acceptors (Lipinski definition) is 3. The minimum atomic E-state index is -1.04. The number of carboxylic acid groups (broad SMARTS) is 1. The molecule has 1 rings (SSSR count). The third-order valence-corrected chi connectivity index (χ3v) is 2.88. The minimum Gasteiger partial charge on any atom is -0.480 e. The molecule has 0 saturated heterocycles. The van der Waals surface area contributed by atoms with Crippen molar-refractivity contribution in [3.05, 3.63) is 35.4 Å². The monoisotopic (exact) mass is 264 g/mol. The number of nitrogens with one attached hydrogen (secondary N) is 2. The molecule has 5 heteroatoms. The van der Waals surface area contributed by atoms with Crippen LogP contribution >= 0.6 is 0 Å². The summed E-state index contributed by atoms with van der Waals surface area (Å²) in [7, 11) is 0. The molecular formula is C14H20N2O3. The van der Waals surface area contributed by atoms with E-state index in [1.165, 1.54) is 12.5 Å². The van der Waals surface area contributed by atoms with E-state index >= 15 is 0 Å². The van der Waals surface area contributed by atoms with Crippen molar-refractivity contribution in [2.45, 2.75) is 32.9 Å². The van der Waals surface area contributed by atoms with E-state index in [2.05, 4.69) is 10.6 Å². The normalized spacial score (nSPS) is 13.6. The van der Waals surface area contributed by atoms with E-state index in [0.717, 1.165) is 5.56 Å². The first-order chi connectivity index (χ1) is 8.90. The van der Waals surface area contributed by atoms with Gasteiger partial charge in [0.15, 0.2) is 0 Å². The van der Waals surface area contributed by atoms with Crippen LogP contribution in [0.5, 0.6) is 0 Å². The minimum absolute atomic E-state index is 0.0243. The lowest BCUT2D eigenvalue weighted by Gasteiger charge is -2.19. The van der Waals surface area contributed by atoms with Crippen LogP contribution in [-0.4, -0.2) is 29.6 Å². The smallest absolute Gasteiger partial charge is 0.327 e. The van der Waals surface area contributed by atoms with Crippen LogP contribution in [0, 0.1) is 6.92 Å². The van der Waals surface area contributed by atoms with E-state index in [-0.39, 0.29) is 18.5 Å². The van der Waals surface area contributed by atoms with Gasteiger partial charge in [0.05, 0.1) is 0 Å². The van der Waals surface area contributed by atoms with Crippen molar-refractivity contribution in [1.82, 2.24) is 10.6 Å². The Morgan fingerprint density at radius 2 is 1.84 bits per heavy atom. The van der Waals surface area contributed by atoms with Gasteiger partial charge in [-0.1, -0.05) is 29.8 Å². The van der Waals surface area contributed by atoms with Crippen LogP contribution in [0.4, 0.5) is 0 Å². The van der Waals surface area contributed by atoms with Crippen molar-refractivity contribution in [3.8, 4) is 0 Å². The summed E-state index contributed by atoms with van der Waals surface area (Å²) in [4.78, 5) is 21.9. The summed E-state index contributed by atoms with van der Waals surface area (Å²) in [6.07, 6.45) is 0. The molecule has 0 aliphatic heterocycles. The number of aliphatic carboxylic acids is 1. The van der Waals surface area contributed by atoms with Gasteiger partial charge >= 0.3 is 5.97 Å². The lowest BCUT2D eigenvalue weighted by atomic mass is 10.1. The molecule has 5 nitrogen and oxygen atoms in total. The summed E-state index contributed by atoms with van der Waals surface area (Å²) in [5.41, 5.74) is 2.26. The SMILES string of the molecule is CC(=O)NC(CN[C@H](C)c1ccc(C)cc1)C(=O)O. The quantitative estimate of drug-likeness (QED) is 0.722. The van der Waals surface area contributed by atoms with Gasteiger partial charge in [-0.2, -0.15) is 0 Å². The molecular weight excluding hydrogens is 244 g/mol. The van der Waals surface area contributed by atoms with Gasteiger partial charge in [0.2, 0.25) is 5.91 Å². The summed E-state index contributed by atoms with van der Waals surface area (Å²) < 4.78 is 0. The fourth-order valence-electron chi connectivity index (χ4n) is 1.71. The maximum Gasteiger partial charge on any atom is 0.327 e. The zero-order chi connectivity index (χ0) is 14.4. The Hall–Kier alpha value is -1.88. The van der Waals surface area contributed by atoms with Gasteiger partial charge in [-0.05, 0) is 19.4 Å². The molecule has 3 N–H and O–H groups in total. The molecule has 0 heterocycles. The fraction of sp³-hybridized carbons (Fsp3) is 0.429. The Bertz CT molecular complexity index is 443. The van der Waals surface area contributed by atoms with Crippen LogP contribution in [0.1, 0.15) is 31.0 Å². The second kappa shape index (κ2) is 6.89. The van der Waals surface area contributed by atoms with Crippen LogP contribution < -0.4 is 10.6 Å². The first-order valence-electron chi connectivity index (χ1n) is 6.20. The Labute approximate surface area is 113 Å². The summed E-state index contributed by atoms with van der Waals surface area (Å²) >= 11 is 0. The zero-order valence-corrected chi connectivity index (χ0v) is 11.4. The Kier molecular flexibility index (Phi) is 5.51. The lowest BCUT2D eigenvalue weighted by molar-refractivity contribution is -0.141. The van der Waals surface area contributed by atoms with Gasteiger partial charge in [-0.3, -0.25) is 4.79 Å². The molecule has 2 atom stereocenters. The van der Waals surface area contributed by atoms with Crippen molar-refractivity contribution >= 4 is 11.9 Å². The van der Waals surface area contributed by atoms with Crippen LogP contribution in [0.3, 0.4) is 0 Å². The molecule has 0 radical (unpaired) electrons. The highest BCUT2D eigenvalue weighted by atomic mass is 16.4. The highest BCUT2D eigenvalue weighted by Crippen LogP contribution is 2.12. The number of aryl methyl sites for hydroxylation is 1. The van der Waals surface area contributed by atoms with E-state index < -0.39 is 12.0 Å². The van der Waals surface area contributed by atoms with Gasteiger partial charge in [0.25, 0.3) is 0 Å². The Morgan fingerprint density at radius 3 is 2.32 bits per heavy atom. The maximum atomic E-state index is 11.0. The van der Waals surface area contributed by atoms with Crippen molar-refractivity contribution in [3.63, 3.8) is 0 Å². The van der Waals surface area contributed by atoms with Crippen molar-refractivity contribution in [1.29, 1.82) is 0 Å². The molecule has 0 aliphatic rings. The second-order valence-electron chi connectivity index (χ2n) is 4.63. The van der Waals surface area contributed by atoms with Crippen LogP contribution in [0.15, 0.2) is 24.3 Å². The molecule has 19 heavy (non-hydrogen) atoms. The van der Waals surface area contributed by atoms with E-state index in [4.69, 9.17) is 5.11 Å². The highest BCUT2D eigenvalue weighted by Gasteiger charge is 2.19. The molecule has 0 saturated carbocycles. The van der Waals surface area contributed by atoms with Crippen molar-refractivity contribution in [2.75, 3.05) is 6.54 Å². The third-order valence-electron chi connectivity index (χ3n) is 2.88. The van der Waals surface area contributed by atoms with E-state index in [0.29, 0.717) is 0 Å². The number of rotatable bonds is 6. The predicted molar refractivity (Wildman–Crippen MR) is 72.8 cm³/mol. The lowest BCUT2D eigenvalue weighted by Crippen LogP contribution is -2.46. The second-order valence-corrected chi connectivity index (χ2v) is 4.63. The summed E-state index contributed by atoms with van der Waals surface area (Å²) in [6.45, 7) is 5.46. The molecule has 1 amide bonds. The highest BCUT2D eigenvalue weighted by molar-refractivity contribution is 5.82. The summed E-state index contributed by atoms with van der Waals surface area (Å²) in [5.74, 6) is -1.39. The van der Waals surface area contributed by atoms with Gasteiger partial charge in [-0.15, -0.1) is 0 Å². The van der Waals surface area contributed by atoms with E-state index in [1.54, 1.807) is 0 Å². The first-order valence-corrected chi connectivity index (χ1v) is 6.20. The Morgan fingerprint density at radius 1 is 1.26 bits per heavy atom. The standard InChI is InChI=1S/C14H20N2O3/c1-9-4-6-12(7-5-9)10(2)15-8-13(14(18)19)16-11(3)17/h4-7,10,13,15H,8H2,1-3H3,(H,16,17)(H,18,19)/t10-,13?/m1/s1. The molecule has 1 unspecified atom stereocenters. The third kappa shape index (κ3) is 5.09. The van der Waals surface area contributed by atoms with Crippen molar-refractivity contribution < 1.29 is 14.7 Å². The maximum absolute atomic E-state index is 11.0. The zero-order valence-electron chi connectivity index (χ0n) is 11.4. The summed E-state index contributed by atoms with van der Waals surface area (Å²) in [5, 5.41) is 14.5.